The van der Waals surface area contributed by atoms with Gasteiger partial charge in [0.2, 0.25) is 0 Å². The third-order valence-corrected chi connectivity index (χ3v) is 10.7. The van der Waals surface area contributed by atoms with Gasteiger partial charge in [-0.2, -0.15) is 0 Å². The highest BCUT2D eigenvalue weighted by atomic mass is 15.5. The van der Waals surface area contributed by atoms with Crippen LogP contribution in [-0.2, 0) is 0 Å². The van der Waals surface area contributed by atoms with Gasteiger partial charge in [-0.05, 0) is 88.0 Å². The molecule has 2 nitrogen and oxygen atoms in total. The second-order valence-electron chi connectivity index (χ2n) is 12.3. The van der Waals surface area contributed by atoms with Crippen molar-refractivity contribution in [1.82, 2.24) is 4.90 Å². The van der Waals surface area contributed by atoms with E-state index in [2.05, 4.69) is 60.2 Å². The summed E-state index contributed by atoms with van der Waals surface area (Å²) in [6.07, 6.45) is 26.3. The van der Waals surface area contributed by atoms with E-state index in [9.17, 15) is 0 Å². The molecular formula is C31H46N2. The maximum atomic E-state index is 2.94. The van der Waals surface area contributed by atoms with Crippen molar-refractivity contribution in [2.24, 2.45) is 23.2 Å². The molecule has 3 saturated carbocycles. The maximum absolute atomic E-state index is 2.94. The van der Waals surface area contributed by atoms with Crippen LogP contribution in [0.1, 0.15) is 102 Å². The van der Waals surface area contributed by atoms with Gasteiger partial charge in [0.25, 0.3) is 0 Å². The van der Waals surface area contributed by atoms with Crippen LogP contribution in [-0.4, -0.2) is 23.1 Å². The molecule has 0 aromatic heterocycles. The molecule has 1 aromatic rings. The van der Waals surface area contributed by atoms with Gasteiger partial charge in [-0.3, -0.25) is 0 Å². The van der Waals surface area contributed by atoms with E-state index in [0.717, 1.165) is 17.8 Å². The molecule has 3 aliphatic carbocycles. The first-order valence-corrected chi connectivity index (χ1v) is 14.5. The van der Waals surface area contributed by atoms with E-state index in [-0.39, 0.29) is 0 Å². The van der Waals surface area contributed by atoms with Crippen molar-refractivity contribution < 1.29 is 0 Å². The number of hydrogen-bond donors (Lipinski definition) is 0. The number of rotatable bonds is 4. The van der Waals surface area contributed by atoms with Crippen LogP contribution in [0, 0.1) is 30.1 Å². The minimum atomic E-state index is 0.403. The van der Waals surface area contributed by atoms with Crippen LogP contribution in [0.15, 0.2) is 36.5 Å². The van der Waals surface area contributed by atoms with Crippen LogP contribution in [0.4, 0.5) is 5.69 Å². The Morgan fingerprint density at radius 1 is 0.758 bits per heavy atom. The SMILES string of the molecule is Cc1ccccc1N1C(C2CCCCC2)N2C=CC(C3CCCCC3)(C3CCCC3)C2[C@@H]1C. The van der Waals surface area contributed by atoms with Crippen molar-refractivity contribution in [1.29, 1.82) is 0 Å². The van der Waals surface area contributed by atoms with Crippen molar-refractivity contribution >= 4 is 5.69 Å². The summed E-state index contributed by atoms with van der Waals surface area (Å²) in [7, 11) is 0. The topological polar surface area (TPSA) is 6.48 Å². The molecule has 4 fully saturated rings. The van der Waals surface area contributed by atoms with Gasteiger partial charge in [0.1, 0.15) is 6.17 Å². The Bertz CT molecular complexity index is 842. The number of nitrogens with zero attached hydrogens (tertiary/aromatic N) is 2. The van der Waals surface area contributed by atoms with Crippen LogP contribution in [0.3, 0.4) is 0 Å². The largest absolute Gasteiger partial charge is 0.352 e. The van der Waals surface area contributed by atoms with E-state index in [1.165, 1.54) is 101 Å². The summed E-state index contributed by atoms with van der Waals surface area (Å²) in [4.78, 5) is 5.87. The molecule has 0 amide bonds. The van der Waals surface area contributed by atoms with Gasteiger partial charge in [-0.15, -0.1) is 0 Å². The van der Waals surface area contributed by atoms with E-state index >= 15 is 0 Å². The molecule has 3 unspecified atom stereocenters. The Kier molecular flexibility index (Phi) is 5.99. The highest BCUT2D eigenvalue weighted by Crippen LogP contribution is 2.60. The Labute approximate surface area is 202 Å². The predicted molar refractivity (Wildman–Crippen MR) is 139 cm³/mol. The molecule has 2 aliphatic heterocycles. The lowest BCUT2D eigenvalue weighted by molar-refractivity contribution is 0.0265. The van der Waals surface area contributed by atoms with Crippen molar-refractivity contribution in [2.75, 3.05) is 4.90 Å². The van der Waals surface area contributed by atoms with Crippen LogP contribution >= 0.6 is 0 Å². The monoisotopic (exact) mass is 446 g/mol. The Morgan fingerprint density at radius 2 is 1.33 bits per heavy atom. The van der Waals surface area contributed by atoms with Gasteiger partial charge >= 0.3 is 0 Å². The molecule has 2 heteroatoms. The molecule has 0 radical (unpaired) electrons. The average Bonchev–Trinajstić information content (AvgIpc) is 3.58. The zero-order valence-corrected chi connectivity index (χ0v) is 21.2. The summed E-state index contributed by atoms with van der Waals surface area (Å²) in [6, 6.07) is 10.5. The summed E-state index contributed by atoms with van der Waals surface area (Å²) in [5.41, 5.74) is 3.37. The van der Waals surface area contributed by atoms with Gasteiger partial charge in [0.05, 0.1) is 6.04 Å². The molecule has 33 heavy (non-hydrogen) atoms. The first kappa shape index (κ1) is 22.1. The zero-order valence-electron chi connectivity index (χ0n) is 21.2. The molecule has 2 heterocycles. The van der Waals surface area contributed by atoms with Gasteiger partial charge in [-0.25, -0.2) is 0 Å². The fourth-order valence-electron chi connectivity index (χ4n) is 9.36. The molecule has 0 spiro atoms. The quantitative estimate of drug-likeness (QED) is 0.461. The van der Waals surface area contributed by atoms with Gasteiger partial charge < -0.3 is 9.80 Å². The van der Waals surface area contributed by atoms with E-state index in [1.807, 2.05) is 0 Å². The molecule has 1 aromatic carbocycles. The molecule has 0 bridgehead atoms. The lowest BCUT2D eigenvalue weighted by Gasteiger charge is -2.49. The smallest absolute Gasteiger partial charge is 0.105 e. The standard InChI is InChI=1S/C31H46N2/c1-23-13-9-12-20-28(23)33-24(2)29-31(27-18-10-11-19-27,26-16-7-4-8-17-26)21-22-32(29)30(33)25-14-5-3-6-15-25/h9,12-13,20-22,24-27,29-30H,3-8,10-11,14-19H2,1-2H3/t24-,29?,30?,31?/m0/s1. The fraction of sp³-hybridized carbons (Fsp3) is 0.742. The molecular weight excluding hydrogens is 400 g/mol. The maximum Gasteiger partial charge on any atom is 0.105 e. The third-order valence-electron chi connectivity index (χ3n) is 10.7. The van der Waals surface area contributed by atoms with Gasteiger partial charge in [0, 0.05) is 17.1 Å². The van der Waals surface area contributed by atoms with Crippen LogP contribution in [0.2, 0.25) is 0 Å². The Hall–Kier alpha value is -1.44. The number of para-hydroxylation sites is 1. The third kappa shape index (κ3) is 3.49. The van der Waals surface area contributed by atoms with Crippen molar-refractivity contribution in [3.63, 3.8) is 0 Å². The molecule has 1 saturated heterocycles. The van der Waals surface area contributed by atoms with Crippen molar-refractivity contribution in [3.05, 3.63) is 42.1 Å². The number of anilines is 1. The Balaban J connectivity index is 1.44. The lowest BCUT2D eigenvalue weighted by atomic mass is 9.57. The minimum Gasteiger partial charge on any atom is -0.352 e. The predicted octanol–water partition coefficient (Wildman–Crippen LogP) is 8.06. The van der Waals surface area contributed by atoms with E-state index in [0.29, 0.717) is 23.7 Å². The van der Waals surface area contributed by atoms with Crippen LogP contribution in [0.5, 0.6) is 0 Å². The van der Waals surface area contributed by atoms with E-state index < -0.39 is 0 Å². The summed E-state index contributed by atoms with van der Waals surface area (Å²) < 4.78 is 0. The summed E-state index contributed by atoms with van der Waals surface area (Å²) in [5, 5.41) is 0. The summed E-state index contributed by atoms with van der Waals surface area (Å²) >= 11 is 0. The molecule has 6 rings (SSSR count). The van der Waals surface area contributed by atoms with E-state index in [1.54, 1.807) is 0 Å². The molecule has 5 aliphatic rings. The molecule has 4 atom stereocenters. The normalized spacial score (nSPS) is 36.1. The number of benzene rings is 1. The second-order valence-corrected chi connectivity index (χ2v) is 12.3. The lowest BCUT2D eigenvalue weighted by Crippen LogP contribution is -2.52. The minimum absolute atomic E-state index is 0.403. The number of fused-ring (bicyclic) bond motifs is 1. The first-order chi connectivity index (χ1) is 16.2. The van der Waals surface area contributed by atoms with Crippen molar-refractivity contribution in [3.8, 4) is 0 Å². The molecule has 0 N–H and O–H groups in total. The number of aryl methyl sites for hydroxylation is 1. The Morgan fingerprint density at radius 3 is 1.97 bits per heavy atom. The highest BCUT2D eigenvalue weighted by molar-refractivity contribution is 5.57. The van der Waals surface area contributed by atoms with Gasteiger partial charge in [-0.1, -0.05) is 75.6 Å². The first-order valence-electron chi connectivity index (χ1n) is 14.5. The second kappa shape index (κ2) is 8.97. The van der Waals surface area contributed by atoms with Gasteiger partial charge in [0.15, 0.2) is 0 Å². The summed E-state index contributed by atoms with van der Waals surface area (Å²) in [6.45, 7) is 4.94. The van der Waals surface area contributed by atoms with Crippen LogP contribution < -0.4 is 4.90 Å². The van der Waals surface area contributed by atoms with Crippen molar-refractivity contribution in [2.45, 2.75) is 122 Å². The zero-order chi connectivity index (χ0) is 22.4. The fourth-order valence-corrected chi connectivity index (χ4v) is 9.36. The van der Waals surface area contributed by atoms with Crippen LogP contribution in [0.25, 0.3) is 0 Å². The molecule has 180 valence electrons. The van der Waals surface area contributed by atoms with E-state index in [4.69, 9.17) is 0 Å². The number of hydrogen-bond acceptors (Lipinski definition) is 2. The summed E-state index contributed by atoms with van der Waals surface area (Å²) in [5.74, 6) is 2.60. The average molecular weight is 447 g/mol. The highest BCUT2D eigenvalue weighted by Gasteiger charge is 2.62.